The van der Waals surface area contributed by atoms with E-state index in [2.05, 4.69) is 10.3 Å². The highest BCUT2D eigenvalue weighted by Crippen LogP contribution is 2.17. The molecule has 0 radical (unpaired) electrons. The molecular formula is C13H22N4O3. The fraction of sp³-hybridized carbons (Fsp3) is 0.692. The molecule has 0 bridgehead atoms. The Bertz CT molecular complexity index is 570. The van der Waals surface area contributed by atoms with Gasteiger partial charge in [0.05, 0.1) is 0 Å². The third-order valence-corrected chi connectivity index (χ3v) is 3.36. The Morgan fingerprint density at radius 2 is 2.05 bits per heavy atom. The molecule has 0 amide bonds. The maximum Gasteiger partial charge on any atom is 0.330 e. The Kier molecular flexibility index (Phi) is 4.49. The molecule has 1 fully saturated rings. The number of hydrogen-bond donors (Lipinski definition) is 3. The summed E-state index contributed by atoms with van der Waals surface area (Å²) in [6.07, 6.45) is 1.64. The smallest absolute Gasteiger partial charge is 0.330 e. The predicted octanol–water partition coefficient (Wildman–Crippen LogP) is 0.366. The van der Waals surface area contributed by atoms with Crippen LogP contribution >= 0.6 is 0 Å². The molecule has 1 saturated heterocycles. The van der Waals surface area contributed by atoms with Crippen LogP contribution in [0.15, 0.2) is 9.59 Å². The zero-order valence-electron chi connectivity index (χ0n) is 11.9. The number of anilines is 2. The number of rotatable bonds is 4. The van der Waals surface area contributed by atoms with E-state index < -0.39 is 11.2 Å². The van der Waals surface area contributed by atoms with Gasteiger partial charge in [-0.3, -0.25) is 14.3 Å². The monoisotopic (exact) mass is 282 g/mol. The SMILES string of the molecule is CC(C)Cn1c(N)c(NC2CCOCC2)c(=O)[nH]c1=O. The molecule has 20 heavy (non-hydrogen) atoms. The van der Waals surface area contributed by atoms with Gasteiger partial charge in [0.1, 0.15) is 11.5 Å². The van der Waals surface area contributed by atoms with Crippen LogP contribution in [-0.4, -0.2) is 28.8 Å². The lowest BCUT2D eigenvalue weighted by Gasteiger charge is -2.25. The van der Waals surface area contributed by atoms with E-state index in [4.69, 9.17) is 10.5 Å². The fourth-order valence-electron chi connectivity index (χ4n) is 2.32. The minimum absolute atomic E-state index is 0.150. The van der Waals surface area contributed by atoms with Crippen molar-refractivity contribution in [3.63, 3.8) is 0 Å². The lowest BCUT2D eigenvalue weighted by atomic mass is 10.1. The molecule has 0 aromatic carbocycles. The first-order valence-electron chi connectivity index (χ1n) is 6.96. The molecule has 7 heteroatoms. The average Bonchev–Trinajstić information content (AvgIpc) is 2.40. The lowest BCUT2D eigenvalue weighted by Crippen LogP contribution is -2.37. The first-order valence-corrected chi connectivity index (χ1v) is 6.96. The van der Waals surface area contributed by atoms with Crippen LogP contribution in [0.3, 0.4) is 0 Å². The van der Waals surface area contributed by atoms with Gasteiger partial charge in [-0.05, 0) is 18.8 Å². The summed E-state index contributed by atoms with van der Waals surface area (Å²) in [4.78, 5) is 26.1. The summed E-state index contributed by atoms with van der Waals surface area (Å²) in [5.41, 5.74) is 5.37. The summed E-state index contributed by atoms with van der Waals surface area (Å²) < 4.78 is 6.69. The van der Waals surface area contributed by atoms with Crippen molar-refractivity contribution in [1.29, 1.82) is 0 Å². The van der Waals surface area contributed by atoms with Crippen molar-refractivity contribution >= 4 is 11.5 Å². The molecule has 1 aliphatic rings. The van der Waals surface area contributed by atoms with E-state index in [0.717, 1.165) is 12.8 Å². The van der Waals surface area contributed by atoms with Gasteiger partial charge >= 0.3 is 5.69 Å². The third-order valence-electron chi connectivity index (χ3n) is 3.36. The highest BCUT2D eigenvalue weighted by Gasteiger charge is 2.19. The van der Waals surface area contributed by atoms with Crippen molar-refractivity contribution in [2.45, 2.75) is 39.3 Å². The van der Waals surface area contributed by atoms with Gasteiger partial charge in [-0.25, -0.2) is 4.79 Å². The number of H-pyrrole nitrogens is 1. The minimum atomic E-state index is -0.460. The quantitative estimate of drug-likeness (QED) is 0.740. The van der Waals surface area contributed by atoms with Gasteiger partial charge in [-0.15, -0.1) is 0 Å². The maximum atomic E-state index is 11.9. The standard InChI is InChI=1S/C13H22N4O3/c1-8(2)7-17-11(14)10(12(18)16-13(17)19)15-9-3-5-20-6-4-9/h8-9,15H,3-7,14H2,1-2H3,(H,16,18,19). The minimum Gasteiger partial charge on any atom is -0.383 e. The molecule has 1 aromatic rings. The lowest BCUT2D eigenvalue weighted by molar-refractivity contribution is 0.0904. The number of nitrogen functional groups attached to an aromatic ring is 1. The second-order valence-electron chi connectivity index (χ2n) is 5.55. The van der Waals surface area contributed by atoms with Crippen molar-refractivity contribution in [1.82, 2.24) is 9.55 Å². The third kappa shape index (κ3) is 3.22. The first-order chi connectivity index (χ1) is 9.49. The first kappa shape index (κ1) is 14.6. The predicted molar refractivity (Wildman–Crippen MR) is 78.0 cm³/mol. The Labute approximate surface area is 117 Å². The molecule has 0 aliphatic carbocycles. The van der Waals surface area contributed by atoms with E-state index in [1.54, 1.807) is 0 Å². The number of nitrogens with one attached hydrogen (secondary N) is 2. The zero-order chi connectivity index (χ0) is 14.7. The van der Waals surface area contributed by atoms with Gasteiger partial charge in [-0.2, -0.15) is 0 Å². The van der Waals surface area contributed by atoms with Crippen LogP contribution in [-0.2, 0) is 11.3 Å². The number of nitrogens with zero attached hydrogens (tertiary/aromatic N) is 1. The molecule has 112 valence electrons. The van der Waals surface area contributed by atoms with Crippen LogP contribution in [0.25, 0.3) is 0 Å². The molecule has 7 nitrogen and oxygen atoms in total. The van der Waals surface area contributed by atoms with Crippen molar-refractivity contribution < 1.29 is 4.74 Å². The van der Waals surface area contributed by atoms with Crippen molar-refractivity contribution in [3.05, 3.63) is 20.8 Å². The largest absolute Gasteiger partial charge is 0.383 e. The second kappa shape index (κ2) is 6.13. The molecule has 2 rings (SSSR count). The number of aromatic nitrogens is 2. The molecule has 4 N–H and O–H groups in total. The van der Waals surface area contributed by atoms with E-state index in [1.165, 1.54) is 4.57 Å². The topological polar surface area (TPSA) is 102 Å². The van der Waals surface area contributed by atoms with Crippen molar-refractivity contribution in [3.8, 4) is 0 Å². The second-order valence-corrected chi connectivity index (χ2v) is 5.55. The number of aromatic amines is 1. The van der Waals surface area contributed by atoms with Crippen LogP contribution in [0.4, 0.5) is 11.5 Å². The number of nitrogens with two attached hydrogens (primary N) is 1. The van der Waals surface area contributed by atoms with Gasteiger partial charge < -0.3 is 15.8 Å². The van der Waals surface area contributed by atoms with Crippen LogP contribution in [0, 0.1) is 5.92 Å². The van der Waals surface area contributed by atoms with E-state index in [-0.39, 0.29) is 23.5 Å². The Hall–Kier alpha value is -1.76. The molecule has 0 unspecified atom stereocenters. The maximum absolute atomic E-state index is 11.9. The van der Waals surface area contributed by atoms with Gasteiger partial charge in [-0.1, -0.05) is 13.8 Å². The van der Waals surface area contributed by atoms with Gasteiger partial charge in [0.25, 0.3) is 5.56 Å². The molecule has 2 heterocycles. The van der Waals surface area contributed by atoms with Crippen LogP contribution < -0.4 is 22.3 Å². The highest BCUT2D eigenvalue weighted by molar-refractivity contribution is 5.60. The molecule has 0 atom stereocenters. The average molecular weight is 282 g/mol. The van der Waals surface area contributed by atoms with E-state index in [0.29, 0.717) is 19.8 Å². The molecule has 1 aromatic heterocycles. The van der Waals surface area contributed by atoms with Crippen LogP contribution in [0.2, 0.25) is 0 Å². The fourth-order valence-corrected chi connectivity index (χ4v) is 2.32. The Morgan fingerprint density at radius 3 is 2.65 bits per heavy atom. The van der Waals surface area contributed by atoms with Gasteiger partial charge in [0.2, 0.25) is 0 Å². The summed E-state index contributed by atoms with van der Waals surface area (Å²) in [5.74, 6) is 0.468. The van der Waals surface area contributed by atoms with Crippen LogP contribution in [0.5, 0.6) is 0 Å². The Morgan fingerprint density at radius 1 is 1.40 bits per heavy atom. The summed E-state index contributed by atoms with van der Waals surface area (Å²) in [6.45, 7) is 5.79. The molecule has 1 aliphatic heterocycles. The van der Waals surface area contributed by atoms with Crippen molar-refractivity contribution in [2.75, 3.05) is 24.3 Å². The summed E-state index contributed by atoms with van der Waals surface area (Å²) in [5, 5.41) is 3.15. The van der Waals surface area contributed by atoms with E-state index >= 15 is 0 Å². The normalized spacial score (nSPS) is 16.6. The molecule has 0 spiro atoms. The number of ether oxygens (including phenoxy) is 1. The summed E-state index contributed by atoms with van der Waals surface area (Å²) in [6, 6.07) is 0.150. The Balaban J connectivity index is 2.31. The molecule has 0 saturated carbocycles. The highest BCUT2D eigenvalue weighted by atomic mass is 16.5. The summed E-state index contributed by atoms with van der Waals surface area (Å²) in [7, 11) is 0. The van der Waals surface area contributed by atoms with E-state index in [1.807, 2.05) is 13.8 Å². The van der Waals surface area contributed by atoms with Crippen molar-refractivity contribution in [2.24, 2.45) is 5.92 Å². The van der Waals surface area contributed by atoms with Gasteiger partial charge in [0, 0.05) is 25.8 Å². The summed E-state index contributed by atoms with van der Waals surface area (Å²) >= 11 is 0. The number of hydrogen-bond acceptors (Lipinski definition) is 5. The van der Waals surface area contributed by atoms with Crippen LogP contribution in [0.1, 0.15) is 26.7 Å². The van der Waals surface area contributed by atoms with E-state index in [9.17, 15) is 9.59 Å². The molecular weight excluding hydrogens is 260 g/mol. The zero-order valence-corrected chi connectivity index (χ0v) is 11.9. The van der Waals surface area contributed by atoms with Gasteiger partial charge in [0.15, 0.2) is 0 Å².